The van der Waals surface area contributed by atoms with Crippen molar-refractivity contribution in [3.63, 3.8) is 0 Å². The second-order valence-corrected chi connectivity index (χ2v) is 4.90. The summed E-state index contributed by atoms with van der Waals surface area (Å²) in [7, 11) is 0. The molecule has 0 radical (unpaired) electrons. The zero-order valence-electron chi connectivity index (χ0n) is 11.3. The Bertz CT molecular complexity index is 474. The molecule has 0 bridgehead atoms. The van der Waals surface area contributed by atoms with Gasteiger partial charge < -0.3 is 9.73 Å². The zero-order valence-corrected chi connectivity index (χ0v) is 11.3. The largest absolute Gasteiger partial charge is 0.467 e. The number of anilines is 1. The third-order valence-electron chi connectivity index (χ3n) is 3.19. The summed E-state index contributed by atoms with van der Waals surface area (Å²) in [6, 6.07) is 12.8. The van der Waals surface area contributed by atoms with Crippen LogP contribution in [-0.4, -0.2) is 0 Å². The highest BCUT2D eigenvalue weighted by Gasteiger charge is 2.12. The number of rotatable bonds is 5. The fraction of sp³-hybridized carbons (Fsp3) is 0.375. The average molecular weight is 243 g/mol. The normalized spacial score (nSPS) is 12.7. The average Bonchev–Trinajstić information content (AvgIpc) is 2.90. The van der Waals surface area contributed by atoms with Crippen molar-refractivity contribution in [1.82, 2.24) is 0 Å². The molecule has 1 heterocycles. The Morgan fingerprint density at radius 2 is 2.00 bits per heavy atom. The summed E-state index contributed by atoms with van der Waals surface area (Å²) in [5.41, 5.74) is 2.51. The maximum absolute atomic E-state index is 5.47. The van der Waals surface area contributed by atoms with Crippen molar-refractivity contribution < 1.29 is 4.42 Å². The highest BCUT2D eigenvalue weighted by Crippen LogP contribution is 2.25. The van der Waals surface area contributed by atoms with Gasteiger partial charge in [0.15, 0.2) is 0 Å². The standard InChI is InChI=1S/C16H21NO/c1-4-15(16-9-6-10-18-16)17-14-8-5-7-13(11-14)12(2)3/h5-12,15,17H,4H2,1-3H3. The van der Waals surface area contributed by atoms with Crippen molar-refractivity contribution >= 4 is 5.69 Å². The molecule has 18 heavy (non-hydrogen) atoms. The Hall–Kier alpha value is -1.70. The maximum atomic E-state index is 5.47. The molecule has 0 saturated heterocycles. The molecule has 2 aromatic rings. The number of hydrogen-bond donors (Lipinski definition) is 1. The van der Waals surface area contributed by atoms with Crippen molar-refractivity contribution in [1.29, 1.82) is 0 Å². The quantitative estimate of drug-likeness (QED) is 0.802. The van der Waals surface area contributed by atoms with Crippen LogP contribution in [0.25, 0.3) is 0 Å². The van der Waals surface area contributed by atoms with Crippen LogP contribution in [0.1, 0.15) is 50.5 Å². The summed E-state index contributed by atoms with van der Waals surface area (Å²) in [6.45, 7) is 6.58. The van der Waals surface area contributed by atoms with E-state index in [-0.39, 0.29) is 6.04 Å². The van der Waals surface area contributed by atoms with E-state index in [1.807, 2.05) is 12.1 Å². The molecule has 0 saturated carbocycles. The van der Waals surface area contributed by atoms with E-state index < -0.39 is 0 Å². The number of benzene rings is 1. The molecule has 1 aromatic carbocycles. The van der Waals surface area contributed by atoms with Gasteiger partial charge in [0.1, 0.15) is 5.76 Å². The van der Waals surface area contributed by atoms with Gasteiger partial charge in [-0.15, -0.1) is 0 Å². The van der Waals surface area contributed by atoms with Gasteiger partial charge in [-0.05, 0) is 42.2 Å². The highest BCUT2D eigenvalue weighted by atomic mass is 16.3. The molecule has 0 aliphatic carbocycles. The topological polar surface area (TPSA) is 25.2 Å². The van der Waals surface area contributed by atoms with Crippen molar-refractivity contribution in [2.45, 2.75) is 39.2 Å². The van der Waals surface area contributed by atoms with Crippen molar-refractivity contribution in [2.75, 3.05) is 5.32 Å². The van der Waals surface area contributed by atoms with Gasteiger partial charge in [-0.2, -0.15) is 0 Å². The lowest BCUT2D eigenvalue weighted by molar-refractivity contribution is 0.474. The van der Waals surface area contributed by atoms with Gasteiger partial charge in [0.25, 0.3) is 0 Å². The molecule has 0 aliphatic heterocycles. The Morgan fingerprint density at radius 3 is 2.61 bits per heavy atom. The third kappa shape index (κ3) is 2.95. The molecule has 0 amide bonds. The monoisotopic (exact) mass is 243 g/mol. The molecule has 2 nitrogen and oxygen atoms in total. The summed E-state index contributed by atoms with van der Waals surface area (Å²) in [4.78, 5) is 0. The van der Waals surface area contributed by atoms with Crippen molar-refractivity contribution in [2.24, 2.45) is 0 Å². The first-order valence-corrected chi connectivity index (χ1v) is 6.60. The van der Waals surface area contributed by atoms with Crippen LogP contribution in [0, 0.1) is 0 Å². The van der Waals surface area contributed by atoms with Crippen LogP contribution in [0.4, 0.5) is 5.69 Å². The van der Waals surface area contributed by atoms with E-state index in [1.165, 1.54) is 5.56 Å². The minimum atomic E-state index is 0.238. The van der Waals surface area contributed by atoms with Crippen LogP contribution in [-0.2, 0) is 0 Å². The predicted octanol–water partition coefficient (Wildman–Crippen LogP) is 4.97. The molecular formula is C16H21NO. The molecule has 96 valence electrons. The first-order chi connectivity index (χ1) is 8.70. The van der Waals surface area contributed by atoms with Gasteiger partial charge in [0.05, 0.1) is 12.3 Å². The van der Waals surface area contributed by atoms with Crippen molar-refractivity contribution in [3.05, 3.63) is 54.0 Å². The van der Waals surface area contributed by atoms with E-state index in [1.54, 1.807) is 6.26 Å². The molecule has 1 atom stereocenters. The van der Waals surface area contributed by atoms with E-state index in [2.05, 4.69) is 50.4 Å². The summed E-state index contributed by atoms with van der Waals surface area (Å²) in [6.07, 6.45) is 2.73. The number of hydrogen-bond acceptors (Lipinski definition) is 2. The lowest BCUT2D eigenvalue weighted by Gasteiger charge is -2.17. The molecule has 1 unspecified atom stereocenters. The lowest BCUT2D eigenvalue weighted by atomic mass is 10.0. The minimum absolute atomic E-state index is 0.238. The Labute approximate surface area is 109 Å². The van der Waals surface area contributed by atoms with E-state index in [9.17, 15) is 0 Å². The Kier molecular flexibility index (Phi) is 4.08. The summed E-state index contributed by atoms with van der Waals surface area (Å²) >= 11 is 0. The second kappa shape index (κ2) is 5.76. The van der Waals surface area contributed by atoms with E-state index in [4.69, 9.17) is 4.42 Å². The Balaban J connectivity index is 2.15. The second-order valence-electron chi connectivity index (χ2n) is 4.90. The molecule has 0 spiro atoms. The summed E-state index contributed by atoms with van der Waals surface area (Å²) in [5, 5.41) is 3.53. The molecule has 0 aliphatic rings. The van der Waals surface area contributed by atoms with Gasteiger partial charge in [0, 0.05) is 5.69 Å². The predicted molar refractivity (Wildman–Crippen MR) is 75.9 cm³/mol. The summed E-state index contributed by atoms with van der Waals surface area (Å²) in [5.74, 6) is 1.54. The molecule has 2 heteroatoms. The van der Waals surface area contributed by atoms with E-state index >= 15 is 0 Å². The summed E-state index contributed by atoms with van der Waals surface area (Å²) < 4.78 is 5.47. The van der Waals surface area contributed by atoms with Crippen LogP contribution in [0.2, 0.25) is 0 Å². The van der Waals surface area contributed by atoms with Crippen LogP contribution in [0.5, 0.6) is 0 Å². The fourth-order valence-electron chi connectivity index (χ4n) is 2.05. The van der Waals surface area contributed by atoms with Gasteiger partial charge in [-0.25, -0.2) is 0 Å². The van der Waals surface area contributed by atoms with Crippen molar-refractivity contribution in [3.8, 4) is 0 Å². The maximum Gasteiger partial charge on any atom is 0.125 e. The van der Waals surface area contributed by atoms with E-state index in [0.29, 0.717) is 5.92 Å². The van der Waals surface area contributed by atoms with Gasteiger partial charge in [-0.3, -0.25) is 0 Å². The third-order valence-corrected chi connectivity index (χ3v) is 3.19. The lowest BCUT2D eigenvalue weighted by Crippen LogP contribution is -2.08. The van der Waals surface area contributed by atoms with Gasteiger partial charge in [-0.1, -0.05) is 32.9 Å². The first-order valence-electron chi connectivity index (χ1n) is 6.60. The fourth-order valence-corrected chi connectivity index (χ4v) is 2.05. The molecular weight excluding hydrogens is 222 g/mol. The number of furan rings is 1. The van der Waals surface area contributed by atoms with Gasteiger partial charge >= 0.3 is 0 Å². The van der Waals surface area contributed by atoms with Crippen LogP contribution >= 0.6 is 0 Å². The SMILES string of the molecule is CCC(Nc1cccc(C(C)C)c1)c1ccco1. The first kappa shape index (κ1) is 12.7. The zero-order chi connectivity index (χ0) is 13.0. The van der Waals surface area contributed by atoms with Crippen LogP contribution in [0.15, 0.2) is 47.1 Å². The van der Waals surface area contributed by atoms with Crippen LogP contribution in [0.3, 0.4) is 0 Å². The Morgan fingerprint density at radius 1 is 1.17 bits per heavy atom. The number of nitrogens with one attached hydrogen (secondary N) is 1. The van der Waals surface area contributed by atoms with Gasteiger partial charge in [0.2, 0.25) is 0 Å². The molecule has 0 fully saturated rings. The molecule has 2 rings (SSSR count). The molecule has 1 aromatic heterocycles. The van der Waals surface area contributed by atoms with Crippen LogP contribution < -0.4 is 5.32 Å². The highest BCUT2D eigenvalue weighted by molar-refractivity contribution is 5.47. The molecule has 1 N–H and O–H groups in total. The smallest absolute Gasteiger partial charge is 0.125 e. The van der Waals surface area contributed by atoms with E-state index in [0.717, 1.165) is 17.9 Å². The minimum Gasteiger partial charge on any atom is -0.467 e.